The van der Waals surface area contributed by atoms with E-state index in [1.165, 1.54) is 16.3 Å². The van der Waals surface area contributed by atoms with Crippen molar-refractivity contribution in [2.45, 2.75) is 38.1 Å². The summed E-state index contributed by atoms with van der Waals surface area (Å²) in [4.78, 5) is 0. The van der Waals surface area contributed by atoms with E-state index in [4.69, 9.17) is 14.2 Å². The molecule has 1 atom stereocenters. The van der Waals surface area contributed by atoms with Gasteiger partial charge in [0.15, 0.2) is 0 Å². The molecule has 0 bridgehead atoms. The van der Waals surface area contributed by atoms with Crippen LogP contribution in [0.25, 0.3) is 10.8 Å². The summed E-state index contributed by atoms with van der Waals surface area (Å²) in [5.41, 5.74) is 1.00. The smallest absolute Gasteiger partial charge is 0.0903 e. The van der Waals surface area contributed by atoms with Crippen molar-refractivity contribution in [2.24, 2.45) is 0 Å². The van der Waals surface area contributed by atoms with Gasteiger partial charge in [-0.25, -0.2) is 0 Å². The van der Waals surface area contributed by atoms with Gasteiger partial charge in [0.05, 0.1) is 18.3 Å². The van der Waals surface area contributed by atoms with Gasteiger partial charge in [0, 0.05) is 33.2 Å². The van der Waals surface area contributed by atoms with Crippen LogP contribution in [0.3, 0.4) is 0 Å². The zero-order valence-corrected chi connectivity index (χ0v) is 14.5. The van der Waals surface area contributed by atoms with E-state index in [0.29, 0.717) is 6.61 Å². The Hall–Kier alpha value is -1.68. The minimum absolute atomic E-state index is 0.0475. The normalized spacial score (nSPS) is 18.9. The Kier molecular flexibility index (Phi) is 5.67. The lowest BCUT2D eigenvalue weighted by Crippen LogP contribution is -2.36. The van der Waals surface area contributed by atoms with E-state index in [-0.39, 0.29) is 11.7 Å². The number of hydrogen-bond acceptors (Lipinski definition) is 3. The Morgan fingerprint density at radius 3 is 2.62 bits per heavy atom. The average molecular weight is 326 g/mol. The Morgan fingerprint density at radius 2 is 1.88 bits per heavy atom. The highest BCUT2D eigenvalue weighted by Gasteiger charge is 2.29. The van der Waals surface area contributed by atoms with E-state index in [1.54, 1.807) is 7.11 Å². The van der Waals surface area contributed by atoms with Gasteiger partial charge in [-0.05, 0) is 29.3 Å². The summed E-state index contributed by atoms with van der Waals surface area (Å²) in [7, 11) is 1.77. The third-order valence-electron chi connectivity index (χ3n) is 4.74. The molecule has 1 aliphatic rings. The van der Waals surface area contributed by atoms with Gasteiger partial charge in [0.1, 0.15) is 0 Å². The maximum Gasteiger partial charge on any atom is 0.0903 e. The zero-order chi connectivity index (χ0) is 16.8. The lowest BCUT2D eigenvalue weighted by Gasteiger charge is -2.33. The van der Waals surface area contributed by atoms with Crippen molar-refractivity contribution in [1.82, 2.24) is 0 Å². The number of fused-ring (bicyclic) bond motifs is 1. The molecule has 0 aromatic heterocycles. The Bertz CT molecular complexity index is 686. The van der Waals surface area contributed by atoms with Gasteiger partial charge >= 0.3 is 0 Å². The first-order valence-electron chi connectivity index (χ1n) is 8.62. The Balaban J connectivity index is 1.57. The lowest BCUT2D eigenvalue weighted by molar-refractivity contribution is -0.0593. The van der Waals surface area contributed by atoms with E-state index in [0.717, 1.165) is 26.1 Å². The first kappa shape index (κ1) is 17.2. The van der Waals surface area contributed by atoms with Crippen molar-refractivity contribution in [3.8, 4) is 0 Å². The molecule has 1 aliphatic heterocycles. The van der Waals surface area contributed by atoms with E-state index in [1.807, 2.05) is 0 Å². The molecule has 2 aromatic carbocycles. The topological polar surface area (TPSA) is 27.7 Å². The van der Waals surface area contributed by atoms with Crippen LogP contribution in [-0.2, 0) is 20.8 Å². The number of ether oxygens (including phenoxy) is 3. The number of hydrogen-bond donors (Lipinski definition) is 0. The molecular formula is C21H26O3. The van der Waals surface area contributed by atoms with Gasteiger partial charge in [0.25, 0.3) is 0 Å². The van der Waals surface area contributed by atoms with Gasteiger partial charge in [-0.1, -0.05) is 48.6 Å². The fourth-order valence-electron chi connectivity index (χ4n) is 3.08. The van der Waals surface area contributed by atoms with Crippen molar-refractivity contribution in [3.05, 3.63) is 60.2 Å². The Labute approximate surface area is 144 Å². The second-order valence-corrected chi connectivity index (χ2v) is 6.44. The first-order valence-corrected chi connectivity index (χ1v) is 8.62. The highest BCUT2D eigenvalue weighted by atomic mass is 16.5. The van der Waals surface area contributed by atoms with Gasteiger partial charge in [-0.3, -0.25) is 0 Å². The molecule has 0 aliphatic carbocycles. The van der Waals surface area contributed by atoms with Crippen LogP contribution in [0.1, 0.15) is 25.3 Å². The summed E-state index contributed by atoms with van der Waals surface area (Å²) >= 11 is 0. The Morgan fingerprint density at radius 1 is 1.12 bits per heavy atom. The quantitative estimate of drug-likeness (QED) is 0.732. The minimum Gasteiger partial charge on any atom is -0.381 e. The van der Waals surface area contributed by atoms with Crippen molar-refractivity contribution in [2.75, 3.05) is 20.3 Å². The highest BCUT2D eigenvalue weighted by Crippen LogP contribution is 2.26. The molecule has 1 fully saturated rings. The third kappa shape index (κ3) is 4.23. The van der Waals surface area contributed by atoms with E-state index in [2.05, 4.69) is 61.5 Å². The summed E-state index contributed by atoms with van der Waals surface area (Å²) in [6, 6.07) is 14.9. The fraction of sp³-hybridized carbons (Fsp3) is 0.429. The fourth-order valence-corrected chi connectivity index (χ4v) is 3.08. The van der Waals surface area contributed by atoms with E-state index in [9.17, 15) is 0 Å². The molecule has 3 heteroatoms. The maximum atomic E-state index is 5.98. The van der Waals surface area contributed by atoms with Gasteiger partial charge in [0.2, 0.25) is 0 Å². The van der Waals surface area contributed by atoms with Crippen LogP contribution < -0.4 is 0 Å². The average Bonchev–Trinajstić information content (AvgIpc) is 2.65. The summed E-state index contributed by atoms with van der Waals surface area (Å²) in [5, 5.41) is 2.51. The summed E-state index contributed by atoms with van der Waals surface area (Å²) in [6.07, 6.45) is 6.11. The van der Waals surface area contributed by atoms with Crippen LogP contribution in [0.2, 0.25) is 0 Å². The number of rotatable bonds is 6. The standard InChI is InChI=1S/C21H26O3/c1-17(9-10-21(22-2)11-13-23-14-12-21)24-16-18-7-8-19-5-3-4-6-20(19)15-18/h3-10,15,17H,11-14,16H2,1-2H3/b10-9+. The second kappa shape index (κ2) is 7.93. The van der Waals surface area contributed by atoms with Crippen molar-refractivity contribution in [3.63, 3.8) is 0 Å². The second-order valence-electron chi connectivity index (χ2n) is 6.44. The van der Waals surface area contributed by atoms with Crippen molar-refractivity contribution >= 4 is 10.8 Å². The molecule has 0 amide bonds. The van der Waals surface area contributed by atoms with Crippen LogP contribution in [0.15, 0.2) is 54.6 Å². The summed E-state index contributed by atoms with van der Waals surface area (Å²) in [5.74, 6) is 0. The van der Waals surface area contributed by atoms with E-state index >= 15 is 0 Å². The minimum atomic E-state index is -0.196. The van der Waals surface area contributed by atoms with Crippen LogP contribution in [0.5, 0.6) is 0 Å². The molecule has 0 spiro atoms. The predicted molar refractivity (Wildman–Crippen MR) is 97.1 cm³/mol. The van der Waals surface area contributed by atoms with Crippen molar-refractivity contribution < 1.29 is 14.2 Å². The molecule has 128 valence electrons. The zero-order valence-electron chi connectivity index (χ0n) is 14.5. The van der Waals surface area contributed by atoms with E-state index < -0.39 is 0 Å². The lowest BCUT2D eigenvalue weighted by atomic mass is 9.93. The largest absolute Gasteiger partial charge is 0.381 e. The molecular weight excluding hydrogens is 300 g/mol. The van der Waals surface area contributed by atoms with Crippen LogP contribution in [0, 0.1) is 0 Å². The molecule has 1 unspecified atom stereocenters. The molecule has 0 radical (unpaired) electrons. The molecule has 0 N–H and O–H groups in total. The molecule has 3 nitrogen and oxygen atoms in total. The monoisotopic (exact) mass is 326 g/mol. The number of benzene rings is 2. The number of methoxy groups -OCH3 is 1. The molecule has 2 aromatic rings. The third-order valence-corrected chi connectivity index (χ3v) is 4.74. The highest BCUT2D eigenvalue weighted by molar-refractivity contribution is 5.82. The molecule has 1 saturated heterocycles. The van der Waals surface area contributed by atoms with Crippen LogP contribution in [0.4, 0.5) is 0 Å². The van der Waals surface area contributed by atoms with Crippen LogP contribution in [-0.4, -0.2) is 32.0 Å². The maximum absolute atomic E-state index is 5.98. The molecule has 1 heterocycles. The summed E-state index contributed by atoms with van der Waals surface area (Å²) < 4.78 is 17.1. The molecule has 24 heavy (non-hydrogen) atoms. The summed E-state index contributed by atoms with van der Waals surface area (Å²) in [6.45, 7) is 4.19. The van der Waals surface area contributed by atoms with Crippen molar-refractivity contribution in [1.29, 1.82) is 0 Å². The van der Waals surface area contributed by atoms with Gasteiger partial charge in [-0.2, -0.15) is 0 Å². The van der Waals surface area contributed by atoms with Gasteiger partial charge in [-0.15, -0.1) is 0 Å². The first-order chi connectivity index (χ1) is 11.7. The van der Waals surface area contributed by atoms with Gasteiger partial charge < -0.3 is 14.2 Å². The molecule has 3 rings (SSSR count). The van der Waals surface area contributed by atoms with Crippen LogP contribution >= 0.6 is 0 Å². The SMILES string of the molecule is COC1(/C=C/C(C)OCc2ccc3ccccc3c2)CCOCC1. The molecule has 0 saturated carbocycles. The predicted octanol–water partition coefficient (Wildman–Crippen LogP) is 4.50.